The van der Waals surface area contributed by atoms with E-state index in [1.54, 1.807) is 17.0 Å². The summed E-state index contributed by atoms with van der Waals surface area (Å²) < 4.78 is 43.4. The van der Waals surface area contributed by atoms with Gasteiger partial charge in [-0.15, -0.1) is 0 Å². The first-order valence-corrected chi connectivity index (χ1v) is 10.2. The van der Waals surface area contributed by atoms with Crippen molar-refractivity contribution in [2.75, 3.05) is 6.54 Å². The number of benzene rings is 1. The number of aliphatic hydroxyl groups is 1. The standard InChI is InChI=1S/C22H22F3N3O3/c1-13-6-7-14(18-10-17(27-31-18)19(29)22(23,24)25)11-28(13)20(30)15-4-2-3-5-16(15)21(12-26)8-9-21/h2-5,10,13-14,19,29H,6-9,11H2,1H3/t13-,14-,19?/m1/s1. The molecule has 2 heterocycles. The molecular weight excluding hydrogens is 411 g/mol. The van der Waals surface area contributed by atoms with E-state index in [0.29, 0.717) is 31.2 Å². The van der Waals surface area contributed by atoms with E-state index in [-0.39, 0.29) is 30.2 Å². The molecule has 31 heavy (non-hydrogen) atoms. The summed E-state index contributed by atoms with van der Waals surface area (Å²) in [5.74, 6) is -0.323. The van der Waals surface area contributed by atoms with Gasteiger partial charge in [0.15, 0.2) is 6.10 Å². The maximum atomic E-state index is 13.4. The number of carbonyl (C=O) groups is 1. The van der Waals surface area contributed by atoms with Gasteiger partial charge in [0.2, 0.25) is 0 Å². The van der Waals surface area contributed by atoms with E-state index in [2.05, 4.69) is 11.2 Å². The molecule has 1 saturated heterocycles. The van der Waals surface area contributed by atoms with Crippen molar-refractivity contribution in [2.24, 2.45) is 0 Å². The van der Waals surface area contributed by atoms with Crippen molar-refractivity contribution in [1.29, 1.82) is 5.26 Å². The van der Waals surface area contributed by atoms with Gasteiger partial charge < -0.3 is 14.5 Å². The minimum absolute atomic E-state index is 0.0720. The molecule has 1 aliphatic carbocycles. The Balaban J connectivity index is 1.57. The van der Waals surface area contributed by atoms with Crippen molar-refractivity contribution in [3.05, 3.63) is 52.9 Å². The summed E-state index contributed by atoms with van der Waals surface area (Å²) in [6.45, 7) is 2.18. The van der Waals surface area contributed by atoms with E-state index in [1.807, 2.05) is 19.1 Å². The van der Waals surface area contributed by atoms with Crippen LogP contribution in [0.25, 0.3) is 0 Å². The van der Waals surface area contributed by atoms with Crippen LogP contribution in [0.2, 0.25) is 0 Å². The number of piperidine rings is 1. The Labute approximate surface area is 177 Å². The van der Waals surface area contributed by atoms with Gasteiger partial charge in [0.1, 0.15) is 11.5 Å². The number of amides is 1. The van der Waals surface area contributed by atoms with Crippen LogP contribution in [-0.4, -0.2) is 39.8 Å². The maximum absolute atomic E-state index is 13.4. The fraction of sp³-hybridized carbons (Fsp3) is 0.500. The Kier molecular flexibility index (Phi) is 5.30. The van der Waals surface area contributed by atoms with Crippen LogP contribution in [0, 0.1) is 11.3 Å². The summed E-state index contributed by atoms with van der Waals surface area (Å²) in [6, 6.07) is 10.5. The summed E-state index contributed by atoms with van der Waals surface area (Å²) in [5, 5.41) is 22.4. The molecule has 0 radical (unpaired) electrons. The number of alkyl halides is 3. The number of hydrogen-bond donors (Lipinski definition) is 1. The molecule has 3 atom stereocenters. The Bertz CT molecular complexity index is 1020. The lowest BCUT2D eigenvalue weighted by molar-refractivity contribution is -0.208. The average molecular weight is 433 g/mol. The monoisotopic (exact) mass is 433 g/mol. The van der Waals surface area contributed by atoms with Crippen molar-refractivity contribution in [1.82, 2.24) is 10.1 Å². The van der Waals surface area contributed by atoms with Gasteiger partial charge in [0.25, 0.3) is 5.91 Å². The van der Waals surface area contributed by atoms with Gasteiger partial charge in [0.05, 0.1) is 11.5 Å². The molecule has 1 N–H and O–H groups in total. The van der Waals surface area contributed by atoms with Crippen molar-refractivity contribution < 1.29 is 27.6 Å². The lowest BCUT2D eigenvalue weighted by Crippen LogP contribution is -2.45. The number of aromatic nitrogens is 1. The van der Waals surface area contributed by atoms with Crippen molar-refractivity contribution in [3.8, 4) is 6.07 Å². The molecule has 9 heteroatoms. The van der Waals surface area contributed by atoms with Crippen LogP contribution in [0.1, 0.15) is 72.0 Å². The van der Waals surface area contributed by atoms with Gasteiger partial charge in [-0.3, -0.25) is 4.79 Å². The molecule has 1 aromatic carbocycles. The van der Waals surface area contributed by atoms with Crippen LogP contribution in [0.5, 0.6) is 0 Å². The summed E-state index contributed by atoms with van der Waals surface area (Å²) >= 11 is 0. The molecule has 4 rings (SSSR count). The highest BCUT2D eigenvalue weighted by Crippen LogP contribution is 2.49. The zero-order valence-corrected chi connectivity index (χ0v) is 16.9. The topological polar surface area (TPSA) is 90.4 Å². The number of halogens is 3. The molecule has 164 valence electrons. The molecule has 1 unspecified atom stereocenters. The van der Waals surface area contributed by atoms with Gasteiger partial charge in [-0.2, -0.15) is 18.4 Å². The molecule has 0 bridgehead atoms. The predicted octanol–water partition coefficient (Wildman–Crippen LogP) is 4.23. The SMILES string of the molecule is C[C@@H]1CC[C@@H](c2cc(C(O)C(F)(F)F)no2)CN1C(=O)c1ccccc1C1(C#N)CC1. The Morgan fingerprint density at radius 3 is 2.71 bits per heavy atom. The summed E-state index contributed by atoms with van der Waals surface area (Å²) in [5.41, 5.74) is 0.0130. The van der Waals surface area contributed by atoms with Gasteiger partial charge in [-0.1, -0.05) is 23.4 Å². The molecule has 1 amide bonds. The number of nitrogens with zero attached hydrogens (tertiary/aromatic N) is 3. The normalized spacial score (nSPS) is 23.8. The minimum Gasteiger partial charge on any atom is -0.378 e. The van der Waals surface area contributed by atoms with Crippen LogP contribution in [0.15, 0.2) is 34.9 Å². The number of likely N-dealkylation sites (tertiary alicyclic amines) is 1. The molecule has 1 aliphatic heterocycles. The highest BCUT2D eigenvalue weighted by atomic mass is 19.4. The third-order valence-electron chi connectivity index (χ3n) is 6.32. The zero-order valence-electron chi connectivity index (χ0n) is 16.9. The van der Waals surface area contributed by atoms with Crippen molar-refractivity contribution in [2.45, 2.75) is 62.3 Å². The second-order valence-corrected chi connectivity index (χ2v) is 8.42. The predicted molar refractivity (Wildman–Crippen MR) is 103 cm³/mol. The van der Waals surface area contributed by atoms with Crippen LogP contribution in [0.4, 0.5) is 13.2 Å². The fourth-order valence-electron chi connectivity index (χ4n) is 4.22. The summed E-state index contributed by atoms with van der Waals surface area (Å²) in [7, 11) is 0. The summed E-state index contributed by atoms with van der Waals surface area (Å²) in [4.78, 5) is 15.1. The van der Waals surface area contributed by atoms with Crippen LogP contribution in [0.3, 0.4) is 0 Å². The maximum Gasteiger partial charge on any atom is 0.420 e. The van der Waals surface area contributed by atoms with Crippen LogP contribution < -0.4 is 0 Å². The number of hydrogen-bond acceptors (Lipinski definition) is 5. The van der Waals surface area contributed by atoms with Crippen LogP contribution >= 0.6 is 0 Å². The number of nitriles is 1. The third kappa shape index (κ3) is 3.92. The summed E-state index contributed by atoms with van der Waals surface area (Å²) in [6.07, 6.45) is -4.85. The van der Waals surface area contributed by atoms with Crippen molar-refractivity contribution >= 4 is 5.91 Å². The Hall–Kier alpha value is -2.86. The van der Waals surface area contributed by atoms with E-state index in [1.165, 1.54) is 0 Å². The first-order chi connectivity index (χ1) is 14.7. The van der Waals surface area contributed by atoms with E-state index < -0.39 is 23.4 Å². The first kappa shape index (κ1) is 21.4. The van der Waals surface area contributed by atoms with E-state index in [9.17, 15) is 28.3 Å². The Morgan fingerprint density at radius 1 is 1.35 bits per heavy atom. The largest absolute Gasteiger partial charge is 0.420 e. The van der Waals surface area contributed by atoms with Gasteiger partial charge in [0, 0.05) is 30.1 Å². The van der Waals surface area contributed by atoms with E-state index in [0.717, 1.165) is 11.6 Å². The zero-order chi connectivity index (χ0) is 22.4. The van der Waals surface area contributed by atoms with Gasteiger partial charge in [-0.25, -0.2) is 0 Å². The lowest BCUT2D eigenvalue weighted by Gasteiger charge is -2.37. The minimum atomic E-state index is -4.83. The molecule has 2 aromatic rings. The molecule has 1 aromatic heterocycles. The second kappa shape index (κ2) is 7.68. The first-order valence-electron chi connectivity index (χ1n) is 10.2. The molecule has 6 nitrogen and oxygen atoms in total. The van der Waals surface area contributed by atoms with Gasteiger partial charge >= 0.3 is 6.18 Å². The molecule has 1 saturated carbocycles. The number of carbonyl (C=O) groups excluding carboxylic acids is 1. The third-order valence-corrected chi connectivity index (χ3v) is 6.32. The number of rotatable bonds is 4. The smallest absolute Gasteiger partial charge is 0.378 e. The fourth-order valence-corrected chi connectivity index (χ4v) is 4.22. The molecule has 2 fully saturated rings. The highest BCUT2D eigenvalue weighted by molar-refractivity contribution is 5.96. The van der Waals surface area contributed by atoms with E-state index >= 15 is 0 Å². The van der Waals surface area contributed by atoms with Crippen LogP contribution in [-0.2, 0) is 5.41 Å². The Morgan fingerprint density at radius 2 is 2.06 bits per heavy atom. The second-order valence-electron chi connectivity index (χ2n) is 8.42. The van der Waals surface area contributed by atoms with E-state index in [4.69, 9.17) is 4.52 Å². The molecule has 0 spiro atoms. The van der Waals surface area contributed by atoms with Gasteiger partial charge in [-0.05, 0) is 44.2 Å². The number of aliphatic hydroxyl groups excluding tert-OH is 1. The van der Waals surface area contributed by atoms with Crippen molar-refractivity contribution in [3.63, 3.8) is 0 Å². The lowest BCUT2D eigenvalue weighted by atomic mass is 9.88. The quantitative estimate of drug-likeness (QED) is 0.779. The molecule has 2 aliphatic rings. The average Bonchev–Trinajstić information content (AvgIpc) is 3.40. The highest BCUT2D eigenvalue weighted by Gasteiger charge is 2.47. The molecular formula is C22H22F3N3O3.